The zero-order valence-electron chi connectivity index (χ0n) is 35.1. The van der Waals surface area contributed by atoms with Crippen LogP contribution in [0.4, 0.5) is 4.39 Å². The van der Waals surface area contributed by atoms with Gasteiger partial charge >= 0.3 is 0 Å². The Balaban J connectivity index is 1.27. The minimum Gasteiger partial charge on any atom is -0.344 e. The van der Waals surface area contributed by atoms with Gasteiger partial charge in [-0.3, -0.25) is 33.6 Å². The van der Waals surface area contributed by atoms with Crippen molar-refractivity contribution < 1.29 is 36.8 Å². The standard InChI is InChI=1S/C43H67FN4O7S/c1-38(2,3)29(24-32(49)34(39(4,5)6)45-35(51)30-14-9-12-22-47(30)23-21-44)36(52)48-27-43(40(7,8)42(43)19-13-20-42)25-31(48)33(50)26-41(17-10-11-18-41)37(53)46-56(54,55)28-15-16-28/h10-11,28-31,34H,9,12-27H2,1-8H3,(H,45,51)(H,46,53)/t29-,30+,31+,34-,43-/m1/s1. The number of rotatable bonds is 14. The normalized spacial score (nSPS) is 29.1. The van der Waals surface area contributed by atoms with E-state index in [1.54, 1.807) is 4.90 Å². The number of allylic oxidation sites excluding steroid dienone is 2. The van der Waals surface area contributed by atoms with Crippen molar-refractivity contribution in [2.24, 2.45) is 38.4 Å². The lowest BCUT2D eigenvalue weighted by Gasteiger charge is -2.39. The van der Waals surface area contributed by atoms with Gasteiger partial charge in [-0.25, -0.2) is 12.8 Å². The van der Waals surface area contributed by atoms with Crippen LogP contribution in [0.25, 0.3) is 0 Å². The SMILES string of the molecule is CC(C)(C)[C@H](CC(=O)[C@@H](NC(=O)[C@@H]1CCCCN1CCF)C(C)(C)C)C(=O)N1C[C@]2(C[C@H]1C(=O)CC1(C(=O)NS(=O)(=O)C3CC3)CC=CC1)C(C)(C)C21CCC1. The molecule has 6 rings (SSSR count). The highest BCUT2D eigenvalue weighted by Crippen LogP contribution is 2.88. The summed E-state index contributed by atoms with van der Waals surface area (Å²) in [5.74, 6) is -2.57. The predicted octanol–water partition coefficient (Wildman–Crippen LogP) is 5.66. The van der Waals surface area contributed by atoms with Crippen molar-refractivity contribution in [3.8, 4) is 0 Å². The summed E-state index contributed by atoms with van der Waals surface area (Å²) in [5, 5.41) is 2.45. The van der Waals surface area contributed by atoms with E-state index in [2.05, 4.69) is 23.9 Å². The van der Waals surface area contributed by atoms with Crippen LogP contribution in [-0.2, 0) is 34.0 Å². The lowest BCUT2D eigenvalue weighted by Crippen LogP contribution is -2.57. The zero-order chi connectivity index (χ0) is 41.3. The number of halogens is 1. The second-order valence-corrected chi connectivity index (χ2v) is 22.9. The van der Waals surface area contributed by atoms with Gasteiger partial charge in [-0.05, 0) is 86.0 Å². The third-order valence-corrected chi connectivity index (χ3v) is 17.2. The number of alkyl halides is 1. The number of ketones is 2. The van der Waals surface area contributed by atoms with Gasteiger partial charge in [-0.2, -0.15) is 0 Å². The number of fused-ring (bicyclic) bond motifs is 1. The van der Waals surface area contributed by atoms with E-state index in [9.17, 15) is 32.0 Å². The molecule has 13 heteroatoms. The van der Waals surface area contributed by atoms with Gasteiger partial charge in [-0.15, -0.1) is 0 Å². The molecule has 0 radical (unpaired) electrons. The zero-order valence-corrected chi connectivity index (χ0v) is 35.9. The molecule has 3 saturated carbocycles. The van der Waals surface area contributed by atoms with Gasteiger partial charge in [0.15, 0.2) is 11.6 Å². The van der Waals surface area contributed by atoms with E-state index in [4.69, 9.17) is 0 Å². The molecule has 5 atom stereocenters. The van der Waals surface area contributed by atoms with Crippen LogP contribution in [0.2, 0.25) is 0 Å². The quantitative estimate of drug-likeness (QED) is 0.214. The lowest BCUT2D eigenvalue weighted by molar-refractivity contribution is -0.147. The minimum atomic E-state index is -3.83. The van der Waals surface area contributed by atoms with Gasteiger partial charge < -0.3 is 10.2 Å². The highest BCUT2D eigenvalue weighted by Gasteiger charge is 2.85. The molecule has 0 aromatic carbocycles. The maximum atomic E-state index is 15.2. The molecule has 314 valence electrons. The van der Waals surface area contributed by atoms with Gasteiger partial charge in [0.1, 0.15) is 6.67 Å². The maximum absolute atomic E-state index is 15.2. The number of nitrogens with one attached hydrogen (secondary N) is 2. The Morgan fingerprint density at radius 2 is 1.52 bits per heavy atom. The molecule has 0 aromatic rings. The molecule has 3 amide bonds. The fourth-order valence-electron chi connectivity index (χ4n) is 11.3. The first-order valence-corrected chi connectivity index (χ1v) is 22.7. The summed E-state index contributed by atoms with van der Waals surface area (Å²) in [7, 11) is -3.83. The summed E-state index contributed by atoms with van der Waals surface area (Å²) < 4.78 is 41.4. The highest BCUT2D eigenvalue weighted by molar-refractivity contribution is 7.90. The molecule has 5 fully saturated rings. The molecule has 56 heavy (non-hydrogen) atoms. The molecule has 0 unspecified atom stereocenters. The van der Waals surface area contributed by atoms with Gasteiger partial charge in [0.2, 0.25) is 27.7 Å². The van der Waals surface area contributed by atoms with Crippen LogP contribution in [0.1, 0.15) is 139 Å². The first-order valence-electron chi connectivity index (χ1n) is 21.1. The number of nitrogens with zero attached hydrogens (tertiary/aromatic N) is 2. The number of likely N-dealkylation sites (tertiary alicyclic amines) is 2. The molecule has 4 aliphatic carbocycles. The third kappa shape index (κ3) is 7.43. The molecule has 2 saturated heterocycles. The fraction of sp³-hybridized carbons (Fsp3) is 0.837. The van der Waals surface area contributed by atoms with E-state index in [0.29, 0.717) is 38.8 Å². The van der Waals surface area contributed by atoms with Crippen molar-refractivity contribution in [1.29, 1.82) is 0 Å². The lowest BCUT2D eigenvalue weighted by atomic mass is 9.72. The van der Waals surface area contributed by atoms with Crippen molar-refractivity contribution in [2.45, 2.75) is 162 Å². The molecule has 2 N–H and O–H groups in total. The van der Waals surface area contributed by atoms with Crippen LogP contribution < -0.4 is 10.0 Å². The maximum Gasteiger partial charge on any atom is 0.240 e. The van der Waals surface area contributed by atoms with Crippen molar-refractivity contribution in [1.82, 2.24) is 19.8 Å². The van der Waals surface area contributed by atoms with Crippen molar-refractivity contribution in [3.63, 3.8) is 0 Å². The van der Waals surface area contributed by atoms with E-state index in [-0.39, 0.29) is 71.9 Å². The number of Topliss-reactive ketones (excluding diaryl/α,β-unsaturated/α-hetero) is 2. The van der Waals surface area contributed by atoms with Gasteiger partial charge in [0.05, 0.1) is 28.8 Å². The number of amides is 3. The van der Waals surface area contributed by atoms with Gasteiger partial charge in [-0.1, -0.05) is 80.4 Å². The molecule has 6 aliphatic rings. The monoisotopic (exact) mass is 802 g/mol. The van der Waals surface area contributed by atoms with E-state index in [0.717, 1.165) is 32.1 Å². The second-order valence-electron chi connectivity index (χ2n) is 20.9. The molecule has 2 aliphatic heterocycles. The van der Waals surface area contributed by atoms with E-state index < -0.39 is 68.1 Å². The van der Waals surface area contributed by atoms with Gasteiger partial charge in [0, 0.05) is 37.3 Å². The van der Waals surface area contributed by atoms with Crippen LogP contribution >= 0.6 is 0 Å². The van der Waals surface area contributed by atoms with Crippen LogP contribution in [0, 0.1) is 38.4 Å². The predicted molar refractivity (Wildman–Crippen MR) is 212 cm³/mol. The summed E-state index contributed by atoms with van der Waals surface area (Å²) >= 11 is 0. The number of carbonyl (C=O) groups is 5. The van der Waals surface area contributed by atoms with Gasteiger partial charge in [0.25, 0.3) is 0 Å². The summed E-state index contributed by atoms with van der Waals surface area (Å²) in [6.45, 7) is 16.5. The summed E-state index contributed by atoms with van der Waals surface area (Å²) in [6, 6.07) is -2.25. The van der Waals surface area contributed by atoms with E-state index in [1.807, 2.05) is 58.6 Å². The van der Waals surface area contributed by atoms with Crippen LogP contribution in [0.15, 0.2) is 12.2 Å². The smallest absolute Gasteiger partial charge is 0.240 e. The average Bonchev–Trinajstić information content (AvgIpc) is 3.85. The summed E-state index contributed by atoms with van der Waals surface area (Å²) in [5.41, 5.74) is -3.01. The molecule has 2 spiro atoms. The second kappa shape index (κ2) is 14.9. The Labute approximate surface area is 334 Å². The van der Waals surface area contributed by atoms with Crippen LogP contribution in [-0.4, -0.2) is 97.2 Å². The fourth-order valence-corrected chi connectivity index (χ4v) is 12.7. The highest BCUT2D eigenvalue weighted by atomic mass is 32.2. The molecule has 0 aromatic heterocycles. The Morgan fingerprint density at radius 3 is 2.04 bits per heavy atom. The first kappa shape index (κ1) is 42.9. The van der Waals surface area contributed by atoms with E-state index >= 15 is 4.79 Å². The molecular weight excluding hydrogens is 736 g/mol. The number of piperidine rings is 1. The Morgan fingerprint density at radius 1 is 0.875 bits per heavy atom. The number of sulfonamides is 1. The Hall–Kier alpha value is -2.67. The third-order valence-electron chi connectivity index (χ3n) is 15.4. The van der Waals surface area contributed by atoms with E-state index in [1.165, 1.54) is 0 Å². The molecule has 11 nitrogen and oxygen atoms in total. The summed E-state index contributed by atoms with van der Waals surface area (Å²) in [6.07, 6.45) is 10.7. The average molecular weight is 803 g/mol. The van der Waals surface area contributed by atoms with Crippen molar-refractivity contribution in [2.75, 3.05) is 26.3 Å². The topological polar surface area (TPSA) is 150 Å². The number of carbonyl (C=O) groups excluding carboxylic acids is 5. The van der Waals surface area contributed by atoms with Crippen molar-refractivity contribution >= 4 is 39.3 Å². The molecular formula is C43H67FN4O7S. The largest absolute Gasteiger partial charge is 0.344 e. The summed E-state index contributed by atoms with van der Waals surface area (Å²) in [4.78, 5) is 75.5. The van der Waals surface area contributed by atoms with Crippen molar-refractivity contribution in [3.05, 3.63) is 12.2 Å². The Kier molecular flexibility index (Phi) is 11.4. The Bertz CT molecular complexity index is 1730. The molecule has 2 heterocycles. The van der Waals surface area contributed by atoms with Crippen LogP contribution in [0.5, 0.6) is 0 Å². The minimum absolute atomic E-state index is 0.0136. The first-order chi connectivity index (χ1) is 26.0. The van der Waals surface area contributed by atoms with Crippen LogP contribution in [0.3, 0.4) is 0 Å². The number of hydrogen-bond acceptors (Lipinski definition) is 8. The molecule has 0 bridgehead atoms. The number of hydrogen-bond donors (Lipinski definition) is 2.